The normalized spacial score (nSPS) is 22.7. The zero-order valence-electron chi connectivity index (χ0n) is 17.0. The molecule has 152 valence electrons. The molecule has 2 fully saturated rings. The molecule has 2 saturated heterocycles. The molecule has 1 unspecified atom stereocenters. The van der Waals surface area contributed by atoms with Gasteiger partial charge in [-0.25, -0.2) is 4.79 Å². The molecule has 0 aromatic heterocycles. The fraction of sp³-hybridized carbons (Fsp3) is 0.571. The van der Waals surface area contributed by atoms with E-state index in [1.165, 1.54) is 0 Å². The molecule has 28 heavy (non-hydrogen) atoms. The highest BCUT2D eigenvalue weighted by molar-refractivity contribution is 5.94. The van der Waals surface area contributed by atoms with E-state index < -0.39 is 5.41 Å². The number of likely N-dealkylation sites (tertiary alicyclic amines) is 1. The molecule has 0 bridgehead atoms. The van der Waals surface area contributed by atoms with Crippen LogP contribution in [0.4, 0.5) is 4.79 Å². The zero-order chi connectivity index (χ0) is 20.3. The fourth-order valence-corrected chi connectivity index (χ4v) is 4.19. The van der Waals surface area contributed by atoms with Crippen LogP contribution < -0.4 is 5.32 Å². The van der Waals surface area contributed by atoms with Gasteiger partial charge >= 0.3 is 6.03 Å². The Morgan fingerprint density at radius 1 is 1.07 bits per heavy atom. The first-order chi connectivity index (χ1) is 13.3. The lowest BCUT2D eigenvalue weighted by molar-refractivity contribution is -0.127. The Morgan fingerprint density at radius 3 is 2.32 bits per heavy atom. The summed E-state index contributed by atoms with van der Waals surface area (Å²) >= 11 is 0. The van der Waals surface area contributed by atoms with Crippen molar-refractivity contribution in [3.8, 4) is 0 Å². The quantitative estimate of drug-likeness (QED) is 0.861. The average Bonchev–Trinajstić information content (AvgIpc) is 2.86. The Bertz CT molecular complexity index is 736. The van der Waals surface area contributed by atoms with Crippen molar-refractivity contribution in [3.05, 3.63) is 35.9 Å². The van der Waals surface area contributed by atoms with Gasteiger partial charge < -0.3 is 20.0 Å². The standard InChI is InChI=1S/C21H30N4O3/c1-4-23-13-21(12-18(23)26)14-24(19(27)17-8-6-5-7-9-17)10-11-25(15-21)20(28)22-16(2)3/h5-9,16H,4,10-15H2,1-3H3,(H,22,28). The fourth-order valence-electron chi connectivity index (χ4n) is 4.19. The van der Waals surface area contributed by atoms with Crippen LogP contribution in [-0.4, -0.2) is 77.9 Å². The van der Waals surface area contributed by atoms with Crippen LogP contribution in [-0.2, 0) is 4.79 Å². The van der Waals surface area contributed by atoms with E-state index in [0.717, 1.165) is 0 Å². The largest absolute Gasteiger partial charge is 0.342 e. The maximum Gasteiger partial charge on any atom is 0.317 e. The Morgan fingerprint density at radius 2 is 1.71 bits per heavy atom. The molecule has 7 nitrogen and oxygen atoms in total. The van der Waals surface area contributed by atoms with Gasteiger partial charge in [0.25, 0.3) is 5.91 Å². The molecule has 1 aromatic rings. The van der Waals surface area contributed by atoms with E-state index in [1.54, 1.807) is 17.0 Å². The molecular weight excluding hydrogens is 356 g/mol. The van der Waals surface area contributed by atoms with Gasteiger partial charge in [0.2, 0.25) is 5.91 Å². The lowest BCUT2D eigenvalue weighted by atomic mass is 9.85. The molecule has 2 aliphatic heterocycles. The predicted molar refractivity (Wildman–Crippen MR) is 107 cm³/mol. The van der Waals surface area contributed by atoms with Crippen LogP contribution in [0.1, 0.15) is 37.6 Å². The Labute approximate surface area is 166 Å². The van der Waals surface area contributed by atoms with Crippen LogP contribution in [0.2, 0.25) is 0 Å². The maximum absolute atomic E-state index is 13.1. The number of amides is 4. The zero-order valence-corrected chi connectivity index (χ0v) is 17.0. The summed E-state index contributed by atoms with van der Waals surface area (Å²) in [5.74, 6) is 0.0502. The van der Waals surface area contributed by atoms with Gasteiger partial charge in [0.05, 0.1) is 0 Å². The summed E-state index contributed by atoms with van der Waals surface area (Å²) in [5.41, 5.74) is 0.205. The Hall–Kier alpha value is -2.57. The third-order valence-electron chi connectivity index (χ3n) is 5.49. The maximum atomic E-state index is 13.1. The molecule has 1 atom stereocenters. The average molecular weight is 386 g/mol. The molecule has 3 rings (SSSR count). The molecule has 0 radical (unpaired) electrons. The lowest BCUT2D eigenvalue weighted by Gasteiger charge is -2.33. The van der Waals surface area contributed by atoms with Crippen molar-refractivity contribution in [3.63, 3.8) is 0 Å². The van der Waals surface area contributed by atoms with Crippen molar-refractivity contribution in [1.82, 2.24) is 20.0 Å². The molecule has 2 heterocycles. The van der Waals surface area contributed by atoms with E-state index in [2.05, 4.69) is 5.32 Å². The Balaban J connectivity index is 1.86. The van der Waals surface area contributed by atoms with E-state index in [-0.39, 0.29) is 23.9 Å². The summed E-state index contributed by atoms with van der Waals surface area (Å²) in [6.45, 7) is 8.91. The summed E-state index contributed by atoms with van der Waals surface area (Å²) in [7, 11) is 0. The van der Waals surface area contributed by atoms with E-state index in [1.807, 2.05) is 48.8 Å². The van der Waals surface area contributed by atoms with Crippen LogP contribution in [0, 0.1) is 5.41 Å². The van der Waals surface area contributed by atoms with Gasteiger partial charge in [-0.2, -0.15) is 0 Å². The van der Waals surface area contributed by atoms with Crippen LogP contribution in [0.5, 0.6) is 0 Å². The third-order valence-corrected chi connectivity index (χ3v) is 5.49. The van der Waals surface area contributed by atoms with Gasteiger partial charge in [0.1, 0.15) is 0 Å². The van der Waals surface area contributed by atoms with Gasteiger partial charge in [-0.05, 0) is 32.9 Å². The van der Waals surface area contributed by atoms with Crippen LogP contribution in [0.3, 0.4) is 0 Å². The highest BCUT2D eigenvalue weighted by Gasteiger charge is 2.47. The lowest BCUT2D eigenvalue weighted by Crippen LogP contribution is -2.49. The first-order valence-electron chi connectivity index (χ1n) is 10.0. The first-order valence-corrected chi connectivity index (χ1v) is 10.0. The van der Waals surface area contributed by atoms with Crippen molar-refractivity contribution in [1.29, 1.82) is 0 Å². The van der Waals surface area contributed by atoms with Crippen molar-refractivity contribution in [2.75, 3.05) is 39.3 Å². The number of rotatable bonds is 3. The van der Waals surface area contributed by atoms with Gasteiger partial charge in [0, 0.05) is 62.7 Å². The minimum absolute atomic E-state index is 0.0334. The molecule has 1 aromatic carbocycles. The number of hydrogen-bond acceptors (Lipinski definition) is 3. The summed E-state index contributed by atoms with van der Waals surface area (Å²) < 4.78 is 0. The van der Waals surface area contributed by atoms with Gasteiger partial charge in [-0.3, -0.25) is 9.59 Å². The van der Waals surface area contributed by atoms with Crippen molar-refractivity contribution in [2.24, 2.45) is 5.41 Å². The molecule has 0 aliphatic carbocycles. The van der Waals surface area contributed by atoms with Crippen LogP contribution >= 0.6 is 0 Å². The summed E-state index contributed by atoms with van der Waals surface area (Å²) in [6, 6.07) is 9.09. The summed E-state index contributed by atoms with van der Waals surface area (Å²) in [5, 5.41) is 2.94. The smallest absolute Gasteiger partial charge is 0.317 e. The molecule has 1 spiro atoms. The summed E-state index contributed by atoms with van der Waals surface area (Å²) in [4.78, 5) is 43.7. The number of carbonyl (C=O) groups excluding carboxylic acids is 3. The number of nitrogens with one attached hydrogen (secondary N) is 1. The number of urea groups is 1. The van der Waals surface area contributed by atoms with Crippen molar-refractivity contribution in [2.45, 2.75) is 33.2 Å². The molecule has 7 heteroatoms. The highest BCUT2D eigenvalue weighted by Crippen LogP contribution is 2.35. The van der Waals surface area contributed by atoms with Crippen molar-refractivity contribution < 1.29 is 14.4 Å². The second kappa shape index (κ2) is 8.20. The first kappa shape index (κ1) is 20.2. The Kier molecular flexibility index (Phi) is 5.91. The number of hydrogen-bond donors (Lipinski definition) is 1. The van der Waals surface area contributed by atoms with E-state index in [4.69, 9.17) is 0 Å². The minimum Gasteiger partial charge on any atom is -0.342 e. The second-order valence-corrected chi connectivity index (χ2v) is 8.20. The van der Waals surface area contributed by atoms with Gasteiger partial charge in [0.15, 0.2) is 0 Å². The van der Waals surface area contributed by atoms with Crippen LogP contribution in [0.25, 0.3) is 0 Å². The van der Waals surface area contributed by atoms with Gasteiger partial charge in [-0.15, -0.1) is 0 Å². The number of benzene rings is 1. The molecule has 1 N–H and O–H groups in total. The number of carbonyl (C=O) groups is 3. The molecular formula is C21H30N4O3. The number of nitrogens with zero attached hydrogens (tertiary/aromatic N) is 3. The van der Waals surface area contributed by atoms with Crippen LogP contribution in [0.15, 0.2) is 30.3 Å². The summed E-state index contributed by atoms with van der Waals surface area (Å²) in [6.07, 6.45) is 0.366. The molecule has 4 amide bonds. The molecule has 2 aliphatic rings. The monoisotopic (exact) mass is 386 g/mol. The SMILES string of the molecule is CCN1CC2(CC1=O)CN(C(=O)NC(C)C)CCN(C(=O)c1ccccc1)C2. The van der Waals surface area contributed by atoms with Gasteiger partial charge in [-0.1, -0.05) is 18.2 Å². The van der Waals surface area contributed by atoms with E-state index in [9.17, 15) is 14.4 Å². The predicted octanol–water partition coefficient (Wildman–Crippen LogP) is 1.80. The van der Waals surface area contributed by atoms with E-state index in [0.29, 0.717) is 51.3 Å². The molecule has 0 saturated carbocycles. The highest BCUT2D eigenvalue weighted by atomic mass is 16.2. The van der Waals surface area contributed by atoms with Crippen molar-refractivity contribution >= 4 is 17.8 Å². The topological polar surface area (TPSA) is 73.0 Å². The minimum atomic E-state index is -0.428. The van der Waals surface area contributed by atoms with E-state index >= 15 is 0 Å². The second-order valence-electron chi connectivity index (χ2n) is 8.20. The third kappa shape index (κ3) is 4.29.